The van der Waals surface area contributed by atoms with Crippen LogP contribution >= 0.6 is 0 Å². The Balaban J connectivity index is 2.11. The predicted octanol–water partition coefficient (Wildman–Crippen LogP) is 2.65. The fraction of sp³-hybridized carbons (Fsp3) is 0.286. The molecule has 1 aromatic heterocycles. The van der Waals surface area contributed by atoms with Crippen LogP contribution < -0.4 is 5.32 Å². The monoisotopic (exact) mass is 277 g/mol. The molecule has 1 heterocycles. The molecule has 106 valence electrons. The second kappa shape index (κ2) is 6.18. The van der Waals surface area contributed by atoms with E-state index in [1.165, 1.54) is 12.1 Å². The van der Waals surface area contributed by atoms with Crippen LogP contribution in [0.4, 0.5) is 10.1 Å². The summed E-state index contributed by atoms with van der Waals surface area (Å²) < 4.78 is 17.8. The van der Waals surface area contributed by atoms with Crippen LogP contribution in [-0.2, 0) is 11.3 Å². The van der Waals surface area contributed by atoms with Crippen LogP contribution in [0.25, 0.3) is 0 Å². The van der Waals surface area contributed by atoms with Gasteiger partial charge in [0.1, 0.15) is 5.82 Å². The molecule has 1 aromatic carbocycles. The highest BCUT2D eigenvalue weighted by molar-refractivity contribution is 5.94. The zero-order valence-electron chi connectivity index (χ0n) is 11.4. The maximum absolute atomic E-state index is 12.8. The minimum atomic E-state index is -0.474. The minimum absolute atomic E-state index is 0.228. The number of halogens is 1. The van der Waals surface area contributed by atoms with Crippen LogP contribution in [0, 0.1) is 12.7 Å². The Bertz CT molecular complexity index is 593. The summed E-state index contributed by atoms with van der Waals surface area (Å²) in [7, 11) is 0. The highest BCUT2D eigenvalue weighted by atomic mass is 19.1. The lowest BCUT2D eigenvalue weighted by Gasteiger charge is -2.07. The molecule has 0 spiro atoms. The van der Waals surface area contributed by atoms with Gasteiger partial charge in [-0.1, -0.05) is 12.1 Å². The number of anilines is 1. The molecule has 0 aliphatic rings. The summed E-state index contributed by atoms with van der Waals surface area (Å²) in [5, 5.41) is 9.81. The van der Waals surface area contributed by atoms with Crippen molar-refractivity contribution in [1.82, 2.24) is 10.2 Å². The zero-order chi connectivity index (χ0) is 14.5. The summed E-state index contributed by atoms with van der Waals surface area (Å²) in [6.07, 6.45) is 0. The van der Waals surface area contributed by atoms with Gasteiger partial charge in [0.15, 0.2) is 5.69 Å². The number of aromatic nitrogens is 2. The average Bonchev–Trinajstić information content (AvgIpc) is 2.80. The largest absolute Gasteiger partial charge is 0.461 e. The third kappa shape index (κ3) is 3.14. The van der Waals surface area contributed by atoms with Gasteiger partial charge in [0, 0.05) is 6.54 Å². The first-order chi connectivity index (χ1) is 9.61. The van der Waals surface area contributed by atoms with Crippen LogP contribution in [0.15, 0.2) is 24.3 Å². The van der Waals surface area contributed by atoms with Crippen LogP contribution in [0.5, 0.6) is 0 Å². The molecule has 0 unspecified atom stereocenters. The van der Waals surface area contributed by atoms with Crippen LogP contribution in [0.3, 0.4) is 0 Å². The summed E-state index contributed by atoms with van der Waals surface area (Å²) in [5.74, 6) is -0.751. The molecule has 0 bridgehead atoms. The van der Waals surface area contributed by atoms with Crippen LogP contribution in [0.1, 0.15) is 28.7 Å². The van der Waals surface area contributed by atoms with Gasteiger partial charge in [0.2, 0.25) is 0 Å². The number of hydrogen-bond acceptors (Lipinski definition) is 4. The Morgan fingerprint density at radius 2 is 2.10 bits per heavy atom. The number of benzene rings is 1. The van der Waals surface area contributed by atoms with E-state index in [0.29, 0.717) is 18.8 Å². The van der Waals surface area contributed by atoms with Crippen LogP contribution in [-0.4, -0.2) is 22.8 Å². The number of nitrogens with one attached hydrogen (secondary N) is 2. The first-order valence-corrected chi connectivity index (χ1v) is 6.32. The molecule has 0 aliphatic heterocycles. The summed E-state index contributed by atoms with van der Waals surface area (Å²) in [6.45, 7) is 4.31. The number of aryl methyl sites for hydroxylation is 1. The van der Waals surface area contributed by atoms with Crippen molar-refractivity contribution in [2.24, 2.45) is 0 Å². The van der Waals surface area contributed by atoms with Gasteiger partial charge in [-0.25, -0.2) is 9.18 Å². The Hall–Kier alpha value is -2.37. The molecule has 2 aromatic rings. The second-order valence-electron chi connectivity index (χ2n) is 4.27. The Labute approximate surface area is 116 Å². The van der Waals surface area contributed by atoms with Gasteiger partial charge in [-0.05, 0) is 31.5 Å². The first-order valence-electron chi connectivity index (χ1n) is 6.32. The molecule has 2 rings (SSSR count). The van der Waals surface area contributed by atoms with E-state index >= 15 is 0 Å². The third-order valence-electron chi connectivity index (χ3n) is 2.80. The topological polar surface area (TPSA) is 67.0 Å². The summed E-state index contributed by atoms with van der Waals surface area (Å²) in [6, 6.07) is 6.15. The van der Waals surface area contributed by atoms with Gasteiger partial charge in [-0.15, -0.1) is 0 Å². The number of carbonyl (C=O) groups excluding carboxylic acids is 1. The number of rotatable bonds is 5. The molecular formula is C14H16FN3O2. The number of esters is 1. The van der Waals surface area contributed by atoms with Gasteiger partial charge >= 0.3 is 5.97 Å². The molecule has 20 heavy (non-hydrogen) atoms. The highest BCUT2D eigenvalue weighted by Gasteiger charge is 2.18. The van der Waals surface area contributed by atoms with E-state index in [1.807, 2.05) is 6.92 Å². The smallest absolute Gasteiger partial charge is 0.361 e. The van der Waals surface area contributed by atoms with Crippen molar-refractivity contribution in [3.8, 4) is 0 Å². The first kappa shape index (κ1) is 14.0. The van der Waals surface area contributed by atoms with Gasteiger partial charge in [-0.3, -0.25) is 5.10 Å². The number of hydrogen-bond donors (Lipinski definition) is 2. The number of nitrogens with zero attached hydrogens (tertiary/aromatic N) is 1. The maximum atomic E-state index is 12.8. The lowest BCUT2D eigenvalue weighted by molar-refractivity contribution is 0.0520. The van der Waals surface area contributed by atoms with Crippen molar-refractivity contribution in [2.45, 2.75) is 20.4 Å². The van der Waals surface area contributed by atoms with Gasteiger partial charge in [-0.2, -0.15) is 5.10 Å². The van der Waals surface area contributed by atoms with Crippen molar-refractivity contribution < 1.29 is 13.9 Å². The molecule has 6 heteroatoms. The van der Waals surface area contributed by atoms with E-state index in [4.69, 9.17) is 4.74 Å². The fourth-order valence-corrected chi connectivity index (χ4v) is 1.79. The number of aromatic amines is 1. The van der Waals surface area contributed by atoms with Gasteiger partial charge in [0.25, 0.3) is 0 Å². The number of H-pyrrole nitrogens is 1. The van der Waals surface area contributed by atoms with E-state index in [-0.39, 0.29) is 11.5 Å². The maximum Gasteiger partial charge on any atom is 0.361 e. The Kier molecular flexibility index (Phi) is 4.34. The van der Waals surface area contributed by atoms with E-state index < -0.39 is 5.97 Å². The highest BCUT2D eigenvalue weighted by Crippen LogP contribution is 2.19. The van der Waals surface area contributed by atoms with E-state index in [0.717, 1.165) is 11.3 Å². The van der Waals surface area contributed by atoms with E-state index in [9.17, 15) is 9.18 Å². The summed E-state index contributed by atoms with van der Waals surface area (Å²) in [5.41, 5.74) is 2.48. The predicted molar refractivity (Wildman–Crippen MR) is 73.0 cm³/mol. The molecule has 0 atom stereocenters. The normalized spacial score (nSPS) is 10.3. The van der Waals surface area contributed by atoms with Gasteiger partial charge in [0.05, 0.1) is 18.0 Å². The SMILES string of the molecule is CCOC(=O)c1n[nH]c(C)c1NCc1ccc(F)cc1. The quantitative estimate of drug-likeness (QED) is 0.824. The van der Waals surface area contributed by atoms with E-state index in [2.05, 4.69) is 15.5 Å². The third-order valence-corrected chi connectivity index (χ3v) is 2.80. The van der Waals surface area contributed by atoms with Crippen molar-refractivity contribution in [2.75, 3.05) is 11.9 Å². The Morgan fingerprint density at radius 3 is 2.75 bits per heavy atom. The number of carbonyl (C=O) groups is 1. The van der Waals surface area contributed by atoms with Gasteiger partial charge < -0.3 is 10.1 Å². The standard InChI is InChI=1S/C14H16FN3O2/c1-3-20-14(19)13-12(9(2)17-18-13)16-8-10-4-6-11(15)7-5-10/h4-7,16H,3,8H2,1-2H3,(H,17,18). The molecule has 2 N–H and O–H groups in total. The van der Waals surface area contributed by atoms with Crippen molar-refractivity contribution in [3.63, 3.8) is 0 Å². The molecular weight excluding hydrogens is 261 g/mol. The fourth-order valence-electron chi connectivity index (χ4n) is 1.79. The van der Waals surface area contributed by atoms with Crippen molar-refractivity contribution in [3.05, 3.63) is 47.0 Å². The second-order valence-corrected chi connectivity index (χ2v) is 4.27. The molecule has 5 nitrogen and oxygen atoms in total. The average molecular weight is 277 g/mol. The molecule has 0 aliphatic carbocycles. The lowest BCUT2D eigenvalue weighted by atomic mass is 10.2. The molecule has 0 fully saturated rings. The molecule has 0 saturated carbocycles. The summed E-state index contributed by atoms with van der Waals surface area (Å²) >= 11 is 0. The van der Waals surface area contributed by atoms with Crippen LogP contribution in [0.2, 0.25) is 0 Å². The molecule has 0 amide bonds. The molecule has 0 radical (unpaired) electrons. The zero-order valence-corrected chi connectivity index (χ0v) is 11.4. The van der Waals surface area contributed by atoms with Crippen molar-refractivity contribution >= 4 is 11.7 Å². The lowest BCUT2D eigenvalue weighted by Crippen LogP contribution is -2.09. The van der Waals surface area contributed by atoms with E-state index in [1.54, 1.807) is 19.1 Å². The molecule has 0 saturated heterocycles. The minimum Gasteiger partial charge on any atom is -0.461 e. The van der Waals surface area contributed by atoms with Crippen molar-refractivity contribution in [1.29, 1.82) is 0 Å². The number of ether oxygens (including phenoxy) is 1. The Morgan fingerprint density at radius 1 is 1.40 bits per heavy atom. The summed E-state index contributed by atoms with van der Waals surface area (Å²) in [4.78, 5) is 11.7.